The molecule has 194 valence electrons. The lowest BCUT2D eigenvalue weighted by Gasteiger charge is -2.38. The van der Waals surface area contributed by atoms with E-state index in [1.807, 2.05) is 0 Å². The Morgan fingerprint density at radius 2 is 2.00 bits per heavy atom. The zero-order valence-corrected chi connectivity index (χ0v) is 21.9. The van der Waals surface area contributed by atoms with Crippen molar-refractivity contribution < 1.29 is 31.5 Å². The zero-order chi connectivity index (χ0) is 26.1. The molecule has 2 heterocycles. The maximum atomic E-state index is 13.5. The molecule has 0 aliphatic carbocycles. The highest BCUT2D eigenvalue weighted by atomic mass is 32.2. The van der Waals surface area contributed by atoms with Crippen molar-refractivity contribution >= 4 is 31.6 Å². The smallest absolute Gasteiger partial charge is 0.281 e. The monoisotopic (exact) mass is 529 g/mol. The molecule has 3 rings (SSSR count). The molecule has 3 atom stereocenters. The number of carbonyl (C=O) groups is 1. The molecular weight excluding hydrogens is 498 g/mol. The molecule has 0 radical (unpaired) electrons. The molecule has 12 nitrogen and oxygen atoms in total. The number of rotatable bonds is 8. The van der Waals surface area contributed by atoms with Gasteiger partial charge in [0.05, 0.1) is 43.0 Å². The molecule has 35 heavy (non-hydrogen) atoms. The van der Waals surface area contributed by atoms with Crippen LogP contribution in [0.25, 0.3) is 0 Å². The number of nitrogens with one attached hydrogen (secondary N) is 1. The molecule has 1 aromatic carbocycles. The number of aryl methyl sites for hydroxylation is 1. The fourth-order valence-electron chi connectivity index (χ4n) is 3.66. The fraction of sp³-hybridized carbons (Fsp3) is 0.524. The van der Waals surface area contributed by atoms with E-state index >= 15 is 0 Å². The summed E-state index contributed by atoms with van der Waals surface area (Å²) in [5.41, 5.74) is 0.102. The molecule has 2 aromatic rings. The number of para-hydroxylation sites is 1. The second-order valence-electron chi connectivity index (χ2n) is 8.83. The summed E-state index contributed by atoms with van der Waals surface area (Å²) in [6.45, 7) is 3.38. The number of aromatic nitrogens is 2. The molecule has 1 amide bonds. The number of nitrogens with zero attached hydrogens (tertiary/aromatic N) is 4. The number of benzene rings is 1. The van der Waals surface area contributed by atoms with Gasteiger partial charge in [-0.25, -0.2) is 17.7 Å². The van der Waals surface area contributed by atoms with E-state index in [9.17, 15) is 26.7 Å². The van der Waals surface area contributed by atoms with Crippen molar-refractivity contribution in [1.82, 2.24) is 18.8 Å². The molecule has 0 saturated carbocycles. The van der Waals surface area contributed by atoms with Gasteiger partial charge in [0.15, 0.2) is 10.8 Å². The van der Waals surface area contributed by atoms with Crippen molar-refractivity contribution in [2.75, 3.05) is 37.7 Å². The van der Waals surface area contributed by atoms with Gasteiger partial charge < -0.3 is 19.3 Å². The van der Waals surface area contributed by atoms with Gasteiger partial charge in [0.25, 0.3) is 15.9 Å². The minimum atomic E-state index is -4.11. The topological polar surface area (TPSA) is 151 Å². The normalized spacial score (nSPS) is 20.1. The van der Waals surface area contributed by atoms with Crippen LogP contribution >= 0.6 is 0 Å². The molecule has 2 N–H and O–H groups in total. The van der Waals surface area contributed by atoms with Gasteiger partial charge in [-0.05, 0) is 19.1 Å². The molecule has 0 saturated heterocycles. The van der Waals surface area contributed by atoms with E-state index in [2.05, 4.69) is 9.71 Å². The largest absolute Gasteiger partial charge is 0.486 e. The summed E-state index contributed by atoms with van der Waals surface area (Å²) in [4.78, 5) is 18.8. The SMILES string of the molecule is C[C@H]1CN([C@@H](C)CO)C(=O)c2cccc(NS(=O)(=O)c3cn(C)cn3)c2O[C@H]1CN(C)S(C)(=O)=O. The van der Waals surface area contributed by atoms with Gasteiger partial charge in [0.2, 0.25) is 10.0 Å². The minimum Gasteiger partial charge on any atom is -0.486 e. The van der Waals surface area contributed by atoms with Crippen LogP contribution in [0.1, 0.15) is 24.2 Å². The predicted molar refractivity (Wildman–Crippen MR) is 129 cm³/mol. The van der Waals surface area contributed by atoms with Crippen LogP contribution in [0.2, 0.25) is 0 Å². The van der Waals surface area contributed by atoms with Crippen LogP contribution in [0.5, 0.6) is 5.75 Å². The zero-order valence-electron chi connectivity index (χ0n) is 20.2. The minimum absolute atomic E-state index is 0.0132. The second-order valence-corrected chi connectivity index (χ2v) is 12.5. The van der Waals surface area contributed by atoms with Crippen molar-refractivity contribution in [3.05, 3.63) is 36.3 Å². The Hall–Kier alpha value is -2.68. The number of fused-ring (bicyclic) bond motifs is 1. The van der Waals surface area contributed by atoms with Crippen molar-refractivity contribution in [2.45, 2.75) is 31.0 Å². The number of amides is 1. The quantitative estimate of drug-likeness (QED) is 0.497. The lowest BCUT2D eigenvalue weighted by molar-refractivity contribution is 0.0389. The lowest BCUT2D eigenvalue weighted by atomic mass is 9.99. The van der Waals surface area contributed by atoms with Gasteiger partial charge in [0.1, 0.15) is 6.10 Å². The van der Waals surface area contributed by atoms with E-state index in [0.717, 1.165) is 10.6 Å². The summed E-state index contributed by atoms with van der Waals surface area (Å²) in [7, 11) is -4.59. The number of anilines is 1. The second kappa shape index (κ2) is 10.1. The number of likely N-dealkylation sites (N-methyl/N-ethyl adjacent to an activating group) is 1. The standard InChI is InChI=1S/C21H31N5O7S2/c1-14-9-26(15(2)12-27)21(28)16-7-6-8-17(23-35(31,32)19-11-24(3)13-22-19)20(16)33-18(14)10-25(4)34(5,29)30/h6-8,11,13-15,18,23,27H,9-10,12H2,1-5H3/t14-,15-,18-/m0/s1. The van der Waals surface area contributed by atoms with Gasteiger partial charge >= 0.3 is 0 Å². The molecule has 0 unspecified atom stereocenters. The highest BCUT2D eigenvalue weighted by Gasteiger charge is 2.36. The fourth-order valence-corrected chi connectivity index (χ4v) is 5.12. The summed E-state index contributed by atoms with van der Waals surface area (Å²) < 4.78 is 61.3. The molecule has 14 heteroatoms. The molecule has 0 bridgehead atoms. The average molecular weight is 530 g/mol. The third-order valence-corrected chi connectivity index (χ3v) is 8.43. The Labute approximate surface area is 205 Å². The average Bonchev–Trinajstić information content (AvgIpc) is 3.22. The molecule has 0 spiro atoms. The highest BCUT2D eigenvalue weighted by Crippen LogP contribution is 2.36. The van der Waals surface area contributed by atoms with E-state index < -0.39 is 38.1 Å². The number of aliphatic hydroxyl groups is 1. The highest BCUT2D eigenvalue weighted by molar-refractivity contribution is 7.92. The Balaban J connectivity index is 2.11. The predicted octanol–water partition coefficient (Wildman–Crippen LogP) is 0.332. The number of ether oxygens (including phenoxy) is 1. The van der Waals surface area contributed by atoms with Gasteiger partial charge in [0, 0.05) is 32.8 Å². The number of hydrogen-bond donors (Lipinski definition) is 2. The van der Waals surface area contributed by atoms with Gasteiger partial charge in [-0.3, -0.25) is 9.52 Å². The van der Waals surface area contributed by atoms with Crippen LogP contribution in [0, 0.1) is 5.92 Å². The molecular formula is C21H31N5O7S2. The van der Waals surface area contributed by atoms with E-state index in [-0.39, 0.29) is 47.6 Å². The first-order valence-electron chi connectivity index (χ1n) is 10.9. The maximum Gasteiger partial charge on any atom is 0.281 e. The maximum absolute atomic E-state index is 13.5. The molecule has 1 aromatic heterocycles. The number of carbonyl (C=O) groups excluding carboxylic acids is 1. The number of sulfonamides is 2. The molecule has 0 fully saturated rings. The van der Waals surface area contributed by atoms with Crippen LogP contribution in [-0.4, -0.2) is 91.8 Å². The first-order valence-corrected chi connectivity index (χ1v) is 14.2. The van der Waals surface area contributed by atoms with Crippen molar-refractivity contribution in [3.8, 4) is 5.75 Å². The van der Waals surface area contributed by atoms with Crippen molar-refractivity contribution in [3.63, 3.8) is 0 Å². The Morgan fingerprint density at radius 3 is 2.57 bits per heavy atom. The summed E-state index contributed by atoms with van der Waals surface area (Å²) in [6.07, 6.45) is 3.02. The number of imidazole rings is 1. The van der Waals surface area contributed by atoms with Crippen molar-refractivity contribution in [2.24, 2.45) is 13.0 Å². The van der Waals surface area contributed by atoms with Gasteiger partial charge in [-0.1, -0.05) is 13.0 Å². The Morgan fingerprint density at radius 1 is 1.31 bits per heavy atom. The van der Waals surface area contributed by atoms with Crippen LogP contribution in [-0.2, 0) is 27.1 Å². The summed E-state index contributed by atoms with van der Waals surface area (Å²) >= 11 is 0. The van der Waals surface area contributed by atoms with E-state index in [0.29, 0.717) is 0 Å². The van der Waals surface area contributed by atoms with E-state index in [1.165, 1.54) is 47.2 Å². The number of hydrogen-bond acceptors (Lipinski definition) is 8. The van der Waals surface area contributed by atoms with Crippen molar-refractivity contribution in [1.29, 1.82) is 0 Å². The van der Waals surface area contributed by atoms with Gasteiger partial charge in [-0.15, -0.1) is 0 Å². The Bertz CT molecular complexity index is 1290. The third-order valence-electron chi connectivity index (χ3n) is 5.90. The first-order chi connectivity index (χ1) is 16.2. The van der Waals surface area contributed by atoms with Gasteiger partial charge in [-0.2, -0.15) is 8.42 Å². The summed E-state index contributed by atoms with van der Waals surface area (Å²) in [5, 5.41) is 9.53. The summed E-state index contributed by atoms with van der Waals surface area (Å²) in [5.74, 6) is -0.821. The lowest BCUT2D eigenvalue weighted by Crippen LogP contribution is -2.50. The van der Waals surface area contributed by atoms with E-state index in [1.54, 1.807) is 20.9 Å². The van der Waals surface area contributed by atoms with Crippen LogP contribution < -0.4 is 9.46 Å². The van der Waals surface area contributed by atoms with Crippen LogP contribution in [0.4, 0.5) is 5.69 Å². The molecule has 1 aliphatic heterocycles. The Kier molecular flexibility index (Phi) is 7.79. The van der Waals surface area contributed by atoms with Crippen LogP contribution in [0.3, 0.4) is 0 Å². The first kappa shape index (κ1) is 26.9. The third kappa shape index (κ3) is 5.94. The molecule has 1 aliphatic rings. The van der Waals surface area contributed by atoms with E-state index in [4.69, 9.17) is 4.74 Å². The summed E-state index contributed by atoms with van der Waals surface area (Å²) in [6, 6.07) is 3.94. The van der Waals surface area contributed by atoms with Crippen LogP contribution in [0.15, 0.2) is 35.7 Å². The number of aliphatic hydroxyl groups excluding tert-OH is 1.